The molecule has 1 aliphatic rings. The van der Waals surface area contributed by atoms with Gasteiger partial charge in [0.05, 0.1) is 6.04 Å². The zero-order chi connectivity index (χ0) is 9.35. The fourth-order valence-corrected chi connectivity index (χ4v) is 1.81. The molecule has 1 saturated heterocycles. The summed E-state index contributed by atoms with van der Waals surface area (Å²) >= 11 is 0. The van der Waals surface area contributed by atoms with Gasteiger partial charge in [-0.05, 0) is 20.8 Å². The highest BCUT2D eigenvalue weighted by Crippen LogP contribution is 2.30. The van der Waals surface area contributed by atoms with Gasteiger partial charge in [0.1, 0.15) is 12.0 Å². The van der Waals surface area contributed by atoms with Crippen molar-refractivity contribution in [3.63, 3.8) is 0 Å². The van der Waals surface area contributed by atoms with Gasteiger partial charge in [-0.2, -0.15) is 0 Å². The molecule has 2 atom stereocenters. The molecule has 1 aliphatic heterocycles. The van der Waals surface area contributed by atoms with Crippen LogP contribution in [-0.2, 0) is 4.79 Å². The molecule has 1 heterocycles. The molecule has 0 aromatic carbocycles. The largest absolute Gasteiger partial charge is 0.302 e. The first-order valence-electron chi connectivity index (χ1n) is 4.36. The average molecular weight is 173 g/mol. The van der Waals surface area contributed by atoms with Crippen molar-refractivity contribution >= 4 is 6.29 Å². The molecule has 0 amide bonds. The van der Waals surface area contributed by atoms with E-state index in [0.717, 1.165) is 6.29 Å². The summed E-state index contributed by atoms with van der Waals surface area (Å²) in [4.78, 5) is 12.5. The minimum atomic E-state index is -1.18. The van der Waals surface area contributed by atoms with E-state index in [1.54, 1.807) is 6.92 Å². The fraction of sp³-hybridized carbons (Fsp3) is 0.889. The highest BCUT2D eigenvalue weighted by Gasteiger charge is 2.41. The van der Waals surface area contributed by atoms with Crippen LogP contribution in [0.1, 0.15) is 27.2 Å². The summed E-state index contributed by atoms with van der Waals surface area (Å²) in [5, 5.41) is 0. The van der Waals surface area contributed by atoms with Gasteiger partial charge in [0, 0.05) is 19.0 Å². The standard InChI is InChI=1S/C9H16FNO/c1-7(2)11-6-9(3,10)4-8(11)5-12/h5,7-8H,4,6H2,1-3H3/t8-,9+/m0/s1. The molecular weight excluding hydrogens is 157 g/mol. The van der Waals surface area contributed by atoms with Crippen molar-refractivity contribution in [2.24, 2.45) is 0 Å². The van der Waals surface area contributed by atoms with Crippen LogP contribution in [0, 0.1) is 0 Å². The SMILES string of the molecule is CC(C)N1C[C@](C)(F)C[C@H]1C=O. The van der Waals surface area contributed by atoms with E-state index in [0.29, 0.717) is 13.0 Å². The van der Waals surface area contributed by atoms with Gasteiger partial charge in [0.2, 0.25) is 0 Å². The summed E-state index contributed by atoms with van der Waals surface area (Å²) in [5.41, 5.74) is -1.18. The topological polar surface area (TPSA) is 20.3 Å². The molecule has 0 bridgehead atoms. The Morgan fingerprint density at radius 3 is 2.58 bits per heavy atom. The van der Waals surface area contributed by atoms with Crippen molar-refractivity contribution in [3.8, 4) is 0 Å². The Morgan fingerprint density at radius 1 is 1.67 bits per heavy atom. The zero-order valence-corrected chi connectivity index (χ0v) is 7.88. The van der Waals surface area contributed by atoms with Gasteiger partial charge in [-0.15, -0.1) is 0 Å². The minimum absolute atomic E-state index is 0.222. The number of hydrogen-bond donors (Lipinski definition) is 0. The Bertz CT molecular complexity index is 179. The number of nitrogens with zero attached hydrogens (tertiary/aromatic N) is 1. The number of rotatable bonds is 2. The van der Waals surface area contributed by atoms with E-state index in [-0.39, 0.29) is 12.1 Å². The van der Waals surface area contributed by atoms with Gasteiger partial charge in [-0.25, -0.2) is 4.39 Å². The van der Waals surface area contributed by atoms with Crippen LogP contribution in [0.4, 0.5) is 4.39 Å². The molecule has 3 heteroatoms. The molecule has 0 aromatic rings. The molecule has 0 N–H and O–H groups in total. The second kappa shape index (κ2) is 3.13. The summed E-state index contributed by atoms with van der Waals surface area (Å²) in [7, 11) is 0. The molecule has 0 spiro atoms. The fourth-order valence-electron chi connectivity index (χ4n) is 1.81. The number of aldehydes is 1. The third-order valence-corrected chi connectivity index (χ3v) is 2.39. The second-order valence-electron chi connectivity index (χ2n) is 4.09. The molecule has 70 valence electrons. The van der Waals surface area contributed by atoms with E-state index in [2.05, 4.69) is 0 Å². The van der Waals surface area contributed by atoms with E-state index in [1.807, 2.05) is 18.7 Å². The van der Waals surface area contributed by atoms with Gasteiger partial charge >= 0.3 is 0 Å². The second-order valence-corrected chi connectivity index (χ2v) is 4.09. The number of carbonyl (C=O) groups excluding carboxylic acids is 1. The van der Waals surface area contributed by atoms with Crippen LogP contribution in [0.15, 0.2) is 0 Å². The van der Waals surface area contributed by atoms with E-state index in [9.17, 15) is 9.18 Å². The lowest BCUT2D eigenvalue weighted by Gasteiger charge is -2.24. The molecule has 0 saturated carbocycles. The Morgan fingerprint density at radius 2 is 2.25 bits per heavy atom. The Hall–Kier alpha value is -0.440. The zero-order valence-electron chi connectivity index (χ0n) is 7.88. The van der Waals surface area contributed by atoms with Crippen molar-refractivity contribution in [1.82, 2.24) is 4.90 Å². The van der Waals surface area contributed by atoms with Gasteiger partial charge in [-0.3, -0.25) is 4.90 Å². The van der Waals surface area contributed by atoms with Gasteiger partial charge in [-0.1, -0.05) is 0 Å². The summed E-state index contributed by atoms with van der Waals surface area (Å²) in [6, 6.07) is 0.0257. The van der Waals surface area contributed by atoms with Crippen molar-refractivity contribution in [2.45, 2.75) is 44.9 Å². The van der Waals surface area contributed by atoms with Crippen molar-refractivity contribution in [1.29, 1.82) is 0 Å². The number of likely N-dealkylation sites (tertiary alicyclic amines) is 1. The molecule has 1 fully saturated rings. The molecule has 0 unspecified atom stereocenters. The van der Waals surface area contributed by atoms with E-state index in [4.69, 9.17) is 0 Å². The first kappa shape index (κ1) is 9.65. The van der Waals surface area contributed by atoms with E-state index in [1.165, 1.54) is 0 Å². The van der Waals surface area contributed by atoms with Crippen LogP contribution in [0.3, 0.4) is 0 Å². The minimum Gasteiger partial charge on any atom is -0.302 e. The van der Waals surface area contributed by atoms with Crippen molar-refractivity contribution < 1.29 is 9.18 Å². The highest BCUT2D eigenvalue weighted by molar-refractivity contribution is 5.58. The van der Waals surface area contributed by atoms with E-state index < -0.39 is 5.67 Å². The average Bonchev–Trinajstić information content (AvgIpc) is 2.25. The smallest absolute Gasteiger partial charge is 0.137 e. The van der Waals surface area contributed by atoms with Crippen LogP contribution >= 0.6 is 0 Å². The molecule has 2 nitrogen and oxygen atoms in total. The predicted octanol–water partition coefficient (Wildman–Crippen LogP) is 1.40. The Labute approximate surface area is 72.7 Å². The van der Waals surface area contributed by atoms with Crippen molar-refractivity contribution in [2.75, 3.05) is 6.54 Å². The summed E-state index contributed by atoms with van der Waals surface area (Å²) < 4.78 is 13.5. The van der Waals surface area contributed by atoms with Crippen LogP contribution in [0.2, 0.25) is 0 Å². The first-order valence-corrected chi connectivity index (χ1v) is 4.36. The van der Waals surface area contributed by atoms with Crippen LogP contribution in [0.5, 0.6) is 0 Å². The quantitative estimate of drug-likeness (QED) is 0.588. The predicted molar refractivity (Wildman–Crippen MR) is 45.8 cm³/mol. The molecule has 12 heavy (non-hydrogen) atoms. The number of carbonyl (C=O) groups is 1. The third-order valence-electron chi connectivity index (χ3n) is 2.39. The lowest BCUT2D eigenvalue weighted by molar-refractivity contribution is -0.112. The van der Waals surface area contributed by atoms with Crippen LogP contribution in [-0.4, -0.2) is 35.5 Å². The maximum Gasteiger partial charge on any atom is 0.137 e. The van der Waals surface area contributed by atoms with Gasteiger partial charge in [0.25, 0.3) is 0 Å². The first-order chi connectivity index (χ1) is 5.46. The van der Waals surface area contributed by atoms with Crippen molar-refractivity contribution in [3.05, 3.63) is 0 Å². The van der Waals surface area contributed by atoms with Gasteiger partial charge < -0.3 is 4.79 Å². The highest BCUT2D eigenvalue weighted by atomic mass is 19.1. The Balaban J connectivity index is 2.69. The molecule has 0 aromatic heterocycles. The number of alkyl halides is 1. The van der Waals surface area contributed by atoms with E-state index >= 15 is 0 Å². The number of halogens is 1. The van der Waals surface area contributed by atoms with Crippen LogP contribution < -0.4 is 0 Å². The molecule has 0 radical (unpaired) electrons. The summed E-state index contributed by atoms with van der Waals surface area (Å²) in [5.74, 6) is 0. The number of hydrogen-bond acceptors (Lipinski definition) is 2. The third kappa shape index (κ3) is 1.83. The van der Waals surface area contributed by atoms with Gasteiger partial charge in [0.15, 0.2) is 0 Å². The molecular formula is C9H16FNO. The monoisotopic (exact) mass is 173 g/mol. The Kier molecular flexibility index (Phi) is 2.52. The summed E-state index contributed by atoms with van der Waals surface area (Å²) in [6.45, 7) is 5.91. The maximum absolute atomic E-state index is 13.5. The molecule has 1 rings (SSSR count). The molecule has 0 aliphatic carbocycles. The maximum atomic E-state index is 13.5. The summed E-state index contributed by atoms with van der Waals surface area (Å²) in [6.07, 6.45) is 1.19. The lowest BCUT2D eigenvalue weighted by Crippen LogP contribution is -2.37. The normalized spacial score (nSPS) is 37.6. The van der Waals surface area contributed by atoms with Crippen LogP contribution in [0.25, 0.3) is 0 Å². The lowest BCUT2D eigenvalue weighted by atomic mass is 10.1.